The molecule has 1 atom stereocenters. The summed E-state index contributed by atoms with van der Waals surface area (Å²) in [5.74, 6) is 0.754. The summed E-state index contributed by atoms with van der Waals surface area (Å²) in [6.07, 6.45) is 0.256. The molecule has 0 spiro atoms. The zero-order valence-electron chi connectivity index (χ0n) is 14.7. The molecule has 0 saturated carbocycles. The van der Waals surface area contributed by atoms with Crippen LogP contribution in [0.5, 0.6) is 5.75 Å². The molecule has 1 heterocycles. The first-order chi connectivity index (χ1) is 12.2. The Balaban J connectivity index is 1.80. The van der Waals surface area contributed by atoms with E-state index in [-0.39, 0.29) is 0 Å². The Labute approximate surface area is 148 Å². The van der Waals surface area contributed by atoms with Crippen LogP contribution < -0.4 is 10.1 Å². The minimum absolute atomic E-state index is 0.311. The molecule has 0 saturated heterocycles. The van der Waals surface area contributed by atoms with E-state index < -0.39 is 6.10 Å². The zero-order valence-corrected chi connectivity index (χ0v) is 14.7. The molecule has 2 aromatic carbocycles. The van der Waals surface area contributed by atoms with E-state index in [0.29, 0.717) is 13.0 Å². The van der Waals surface area contributed by atoms with Crippen LogP contribution in [0.2, 0.25) is 0 Å². The first-order valence-electron chi connectivity index (χ1n) is 8.75. The number of anilines is 1. The molecule has 3 aromatic rings. The highest BCUT2D eigenvalue weighted by atomic mass is 16.5. The SMILES string of the molecule is CCNc1ccc(-c2ccc3cc(OCC(O)CC)ccc3n2)cc1. The van der Waals surface area contributed by atoms with Crippen molar-refractivity contribution in [3.63, 3.8) is 0 Å². The first kappa shape index (κ1) is 17.2. The van der Waals surface area contributed by atoms with Gasteiger partial charge in [-0.25, -0.2) is 4.98 Å². The number of benzene rings is 2. The number of nitrogens with zero attached hydrogens (tertiary/aromatic N) is 1. The van der Waals surface area contributed by atoms with E-state index in [9.17, 15) is 5.11 Å². The van der Waals surface area contributed by atoms with Crippen molar-refractivity contribution >= 4 is 16.6 Å². The number of pyridine rings is 1. The molecule has 0 aliphatic carbocycles. The molecule has 0 aliphatic rings. The van der Waals surface area contributed by atoms with Crippen LogP contribution in [0.25, 0.3) is 22.2 Å². The van der Waals surface area contributed by atoms with Gasteiger partial charge in [-0.3, -0.25) is 0 Å². The Morgan fingerprint density at radius 2 is 1.84 bits per heavy atom. The van der Waals surface area contributed by atoms with Gasteiger partial charge in [0.1, 0.15) is 12.4 Å². The van der Waals surface area contributed by atoms with Crippen molar-refractivity contribution in [3.05, 3.63) is 54.6 Å². The highest BCUT2D eigenvalue weighted by molar-refractivity contribution is 5.83. The smallest absolute Gasteiger partial charge is 0.120 e. The second-order valence-corrected chi connectivity index (χ2v) is 6.03. The van der Waals surface area contributed by atoms with Crippen LogP contribution in [0.15, 0.2) is 54.6 Å². The zero-order chi connectivity index (χ0) is 17.6. The van der Waals surface area contributed by atoms with Crippen molar-refractivity contribution in [1.29, 1.82) is 0 Å². The van der Waals surface area contributed by atoms with Gasteiger partial charge in [-0.15, -0.1) is 0 Å². The first-order valence-corrected chi connectivity index (χ1v) is 8.75. The minimum atomic E-state index is -0.429. The maximum atomic E-state index is 9.61. The molecule has 130 valence electrons. The van der Waals surface area contributed by atoms with Gasteiger partial charge in [0, 0.05) is 23.2 Å². The summed E-state index contributed by atoms with van der Waals surface area (Å²) in [7, 11) is 0. The van der Waals surface area contributed by atoms with E-state index >= 15 is 0 Å². The molecular weight excluding hydrogens is 312 g/mol. The number of hydrogen-bond donors (Lipinski definition) is 2. The Morgan fingerprint density at radius 3 is 2.56 bits per heavy atom. The van der Waals surface area contributed by atoms with Gasteiger partial charge < -0.3 is 15.2 Å². The van der Waals surface area contributed by atoms with Gasteiger partial charge in [-0.2, -0.15) is 0 Å². The Morgan fingerprint density at radius 1 is 1.04 bits per heavy atom. The quantitative estimate of drug-likeness (QED) is 0.668. The average molecular weight is 336 g/mol. The molecule has 0 bridgehead atoms. The van der Waals surface area contributed by atoms with Crippen LogP contribution >= 0.6 is 0 Å². The van der Waals surface area contributed by atoms with Gasteiger partial charge in [0.25, 0.3) is 0 Å². The maximum Gasteiger partial charge on any atom is 0.120 e. The van der Waals surface area contributed by atoms with Crippen molar-refractivity contribution in [2.24, 2.45) is 0 Å². The highest BCUT2D eigenvalue weighted by Gasteiger charge is 2.05. The number of fused-ring (bicyclic) bond motifs is 1. The third-order valence-corrected chi connectivity index (χ3v) is 4.14. The Bertz CT molecular complexity index is 831. The van der Waals surface area contributed by atoms with E-state index in [1.807, 2.05) is 31.2 Å². The maximum absolute atomic E-state index is 9.61. The fourth-order valence-electron chi connectivity index (χ4n) is 2.63. The largest absolute Gasteiger partial charge is 0.491 e. The molecular formula is C21H24N2O2. The molecule has 0 amide bonds. The average Bonchev–Trinajstić information content (AvgIpc) is 2.66. The number of nitrogens with one attached hydrogen (secondary N) is 1. The lowest BCUT2D eigenvalue weighted by molar-refractivity contribution is 0.104. The molecule has 0 fully saturated rings. The molecule has 1 unspecified atom stereocenters. The van der Waals surface area contributed by atoms with Crippen LogP contribution in [-0.2, 0) is 0 Å². The van der Waals surface area contributed by atoms with E-state index in [4.69, 9.17) is 9.72 Å². The van der Waals surface area contributed by atoms with E-state index in [0.717, 1.165) is 40.1 Å². The lowest BCUT2D eigenvalue weighted by Gasteiger charge is -2.11. The van der Waals surface area contributed by atoms with E-state index in [1.165, 1.54) is 0 Å². The third kappa shape index (κ3) is 4.28. The normalized spacial score (nSPS) is 12.1. The molecule has 0 radical (unpaired) electrons. The van der Waals surface area contributed by atoms with Crippen LogP contribution in [-0.4, -0.2) is 29.3 Å². The minimum Gasteiger partial charge on any atom is -0.491 e. The monoisotopic (exact) mass is 336 g/mol. The van der Waals surface area contributed by atoms with Crippen LogP contribution in [0.1, 0.15) is 20.3 Å². The second-order valence-electron chi connectivity index (χ2n) is 6.03. The standard InChI is InChI=1S/C21H24N2O2/c1-3-18(24)14-25-19-10-12-21-16(13-19)7-11-20(23-21)15-5-8-17(9-6-15)22-4-2/h5-13,18,22,24H,3-4,14H2,1-2H3. The lowest BCUT2D eigenvalue weighted by atomic mass is 10.1. The topological polar surface area (TPSA) is 54.4 Å². The van der Waals surface area contributed by atoms with Gasteiger partial charge in [-0.1, -0.05) is 25.1 Å². The number of aromatic nitrogens is 1. The number of ether oxygens (including phenoxy) is 1. The molecule has 4 heteroatoms. The van der Waals surface area contributed by atoms with Crippen LogP contribution in [0.4, 0.5) is 5.69 Å². The van der Waals surface area contributed by atoms with E-state index in [1.54, 1.807) is 0 Å². The fourth-order valence-corrected chi connectivity index (χ4v) is 2.63. The van der Waals surface area contributed by atoms with Crippen molar-refractivity contribution in [2.75, 3.05) is 18.5 Å². The van der Waals surface area contributed by atoms with Crippen molar-refractivity contribution < 1.29 is 9.84 Å². The molecule has 3 rings (SSSR count). The van der Waals surface area contributed by atoms with Gasteiger partial charge >= 0.3 is 0 Å². The van der Waals surface area contributed by atoms with Crippen molar-refractivity contribution in [3.8, 4) is 17.0 Å². The van der Waals surface area contributed by atoms with Gasteiger partial charge in [0.2, 0.25) is 0 Å². The Hall–Kier alpha value is -2.59. The summed E-state index contributed by atoms with van der Waals surface area (Å²) < 4.78 is 5.63. The van der Waals surface area contributed by atoms with Crippen molar-refractivity contribution in [2.45, 2.75) is 26.4 Å². The third-order valence-electron chi connectivity index (χ3n) is 4.14. The van der Waals surface area contributed by atoms with Crippen molar-refractivity contribution in [1.82, 2.24) is 4.98 Å². The van der Waals surface area contributed by atoms with Gasteiger partial charge in [0.15, 0.2) is 0 Å². The number of hydrogen-bond acceptors (Lipinski definition) is 4. The lowest BCUT2D eigenvalue weighted by Crippen LogP contribution is -2.15. The number of rotatable bonds is 7. The number of aliphatic hydroxyl groups is 1. The highest BCUT2D eigenvalue weighted by Crippen LogP contribution is 2.25. The Kier molecular flexibility index (Phi) is 5.51. The molecule has 0 aliphatic heterocycles. The molecule has 2 N–H and O–H groups in total. The predicted molar refractivity (Wildman–Crippen MR) is 103 cm³/mol. The van der Waals surface area contributed by atoms with E-state index in [2.05, 4.69) is 42.6 Å². The molecule has 25 heavy (non-hydrogen) atoms. The summed E-state index contributed by atoms with van der Waals surface area (Å²) in [4.78, 5) is 4.75. The van der Waals surface area contributed by atoms with Gasteiger partial charge in [-0.05, 0) is 49.7 Å². The summed E-state index contributed by atoms with van der Waals surface area (Å²) in [5.41, 5.74) is 4.08. The predicted octanol–water partition coefficient (Wildman–Crippen LogP) is 4.48. The molecule has 4 nitrogen and oxygen atoms in total. The summed E-state index contributed by atoms with van der Waals surface area (Å²) in [6, 6.07) is 18.2. The van der Waals surface area contributed by atoms with Gasteiger partial charge in [0.05, 0.1) is 17.3 Å². The molecule has 1 aromatic heterocycles. The fraction of sp³-hybridized carbons (Fsp3) is 0.286. The van der Waals surface area contributed by atoms with Crippen LogP contribution in [0, 0.1) is 0 Å². The summed E-state index contributed by atoms with van der Waals surface area (Å²) >= 11 is 0. The second kappa shape index (κ2) is 7.99. The van der Waals surface area contributed by atoms with Crippen LogP contribution in [0.3, 0.4) is 0 Å². The summed E-state index contributed by atoms with van der Waals surface area (Å²) in [5, 5.41) is 13.9. The summed E-state index contributed by atoms with van der Waals surface area (Å²) in [6.45, 7) is 5.24. The number of aliphatic hydroxyl groups excluding tert-OH is 1.